The van der Waals surface area contributed by atoms with Crippen LogP contribution in [-0.4, -0.2) is 80.6 Å². The lowest BCUT2D eigenvalue weighted by Gasteiger charge is -2.40. The van der Waals surface area contributed by atoms with Crippen LogP contribution < -0.4 is 0 Å². The average molecular weight is 362 g/mol. The van der Waals surface area contributed by atoms with Crippen molar-refractivity contribution in [2.75, 3.05) is 39.3 Å². The zero-order valence-electron chi connectivity index (χ0n) is 12.0. The van der Waals surface area contributed by atoms with E-state index >= 15 is 0 Å². The van der Waals surface area contributed by atoms with Gasteiger partial charge in [0.05, 0.1) is 25.7 Å². The van der Waals surface area contributed by atoms with Crippen LogP contribution in [0.3, 0.4) is 0 Å². The van der Waals surface area contributed by atoms with Crippen LogP contribution in [0.15, 0.2) is 0 Å². The van der Waals surface area contributed by atoms with E-state index in [2.05, 4.69) is 0 Å². The van der Waals surface area contributed by atoms with Crippen LogP contribution in [-0.2, 0) is 47.5 Å². The zero-order chi connectivity index (χ0) is 16.4. The molecule has 0 aromatic carbocycles. The number of hydrogen-bond acceptors (Lipinski definition) is 10. The van der Waals surface area contributed by atoms with Gasteiger partial charge < -0.3 is 18.9 Å². The first kappa shape index (κ1) is 18.0. The fourth-order valence-electron chi connectivity index (χ4n) is 2.21. The third-order valence-electron chi connectivity index (χ3n) is 2.91. The minimum atomic E-state index is -3.75. The van der Waals surface area contributed by atoms with Gasteiger partial charge in [0.15, 0.2) is 0 Å². The van der Waals surface area contributed by atoms with Crippen molar-refractivity contribution in [3.63, 3.8) is 0 Å². The summed E-state index contributed by atoms with van der Waals surface area (Å²) >= 11 is 0. The van der Waals surface area contributed by atoms with Crippen molar-refractivity contribution in [1.29, 1.82) is 0 Å². The Morgan fingerprint density at radius 2 is 1.14 bits per heavy atom. The van der Waals surface area contributed by atoms with E-state index in [1.807, 2.05) is 0 Å². The maximum absolute atomic E-state index is 11.3. The second-order valence-corrected chi connectivity index (χ2v) is 8.12. The minimum absolute atomic E-state index is 0.0376. The van der Waals surface area contributed by atoms with E-state index in [1.54, 1.807) is 0 Å². The van der Waals surface area contributed by atoms with Gasteiger partial charge in [-0.05, 0) is 0 Å². The SMILES string of the molecule is CS(=O)(=O)O[C@@H]1COCO[C@H]1[C@@H]1OCOC[C@H]1OS(C)(=O)=O. The predicted molar refractivity (Wildman–Crippen MR) is 70.8 cm³/mol. The molecule has 0 amide bonds. The fraction of sp³-hybridized carbons (Fsp3) is 1.00. The Balaban J connectivity index is 2.16. The lowest BCUT2D eigenvalue weighted by Crippen LogP contribution is -2.57. The molecule has 0 N–H and O–H groups in total. The first-order chi connectivity index (χ1) is 10.2. The van der Waals surface area contributed by atoms with Gasteiger partial charge in [-0.2, -0.15) is 16.8 Å². The normalized spacial score (nSPS) is 34.5. The molecule has 0 radical (unpaired) electrons. The highest BCUT2D eigenvalue weighted by Crippen LogP contribution is 2.25. The second kappa shape index (κ2) is 7.05. The maximum atomic E-state index is 11.3. The molecule has 2 heterocycles. The molecule has 4 atom stereocenters. The molecular formula is C10H18O10S2. The molecule has 0 spiro atoms. The Kier molecular flexibility index (Phi) is 5.77. The molecular weight excluding hydrogens is 344 g/mol. The van der Waals surface area contributed by atoms with Crippen molar-refractivity contribution < 1.29 is 44.1 Å². The Hall–Kier alpha value is -0.340. The van der Waals surface area contributed by atoms with Crippen LogP contribution in [0, 0.1) is 0 Å². The van der Waals surface area contributed by atoms with E-state index in [4.69, 9.17) is 27.3 Å². The monoisotopic (exact) mass is 362 g/mol. The van der Waals surface area contributed by atoms with Gasteiger partial charge in [-0.3, -0.25) is 8.37 Å². The topological polar surface area (TPSA) is 124 Å². The summed E-state index contributed by atoms with van der Waals surface area (Å²) in [7, 11) is -7.51. The predicted octanol–water partition coefficient (Wildman–Crippen LogP) is -1.58. The number of ether oxygens (including phenoxy) is 4. The van der Waals surface area contributed by atoms with Crippen molar-refractivity contribution in [2.45, 2.75) is 24.4 Å². The quantitative estimate of drug-likeness (QED) is 0.529. The summed E-state index contributed by atoms with van der Waals surface area (Å²) in [5, 5.41) is 0. The van der Waals surface area contributed by atoms with Gasteiger partial charge in [-0.25, -0.2) is 0 Å². The van der Waals surface area contributed by atoms with Gasteiger partial charge in [0.25, 0.3) is 20.2 Å². The largest absolute Gasteiger partial charge is 0.353 e. The average Bonchev–Trinajstić information content (AvgIpc) is 2.36. The van der Waals surface area contributed by atoms with Crippen molar-refractivity contribution in [3.05, 3.63) is 0 Å². The molecule has 2 fully saturated rings. The van der Waals surface area contributed by atoms with Crippen molar-refractivity contribution in [2.24, 2.45) is 0 Å². The van der Waals surface area contributed by atoms with Gasteiger partial charge in [-0.15, -0.1) is 0 Å². The van der Waals surface area contributed by atoms with Gasteiger partial charge in [0, 0.05) is 0 Å². The lowest BCUT2D eigenvalue weighted by molar-refractivity contribution is -0.269. The minimum Gasteiger partial charge on any atom is -0.353 e. The van der Waals surface area contributed by atoms with E-state index in [-0.39, 0.29) is 26.8 Å². The fourth-order valence-corrected chi connectivity index (χ4v) is 3.44. The highest BCUT2D eigenvalue weighted by Gasteiger charge is 2.44. The summed E-state index contributed by atoms with van der Waals surface area (Å²) < 4.78 is 75.8. The van der Waals surface area contributed by atoms with Crippen LogP contribution in [0.1, 0.15) is 0 Å². The molecule has 0 aromatic heterocycles. The summed E-state index contributed by atoms with van der Waals surface area (Å²) in [4.78, 5) is 0. The Morgan fingerprint density at radius 3 is 1.45 bits per heavy atom. The number of hydrogen-bond donors (Lipinski definition) is 0. The molecule has 2 rings (SSSR count). The highest BCUT2D eigenvalue weighted by atomic mass is 32.2. The van der Waals surface area contributed by atoms with E-state index in [9.17, 15) is 16.8 Å². The zero-order valence-corrected chi connectivity index (χ0v) is 13.7. The molecule has 2 aliphatic heterocycles. The molecule has 0 bridgehead atoms. The summed E-state index contributed by atoms with van der Waals surface area (Å²) in [5.74, 6) is 0. The molecule has 130 valence electrons. The Bertz CT molecular complexity index is 519. The molecule has 10 nitrogen and oxygen atoms in total. The van der Waals surface area contributed by atoms with Crippen LogP contribution >= 0.6 is 0 Å². The van der Waals surface area contributed by atoms with E-state index < -0.39 is 44.7 Å². The van der Waals surface area contributed by atoms with Gasteiger partial charge >= 0.3 is 0 Å². The van der Waals surface area contributed by atoms with E-state index in [0.717, 1.165) is 12.5 Å². The lowest BCUT2D eigenvalue weighted by atomic mass is 10.0. The summed E-state index contributed by atoms with van der Waals surface area (Å²) in [6, 6.07) is 0. The van der Waals surface area contributed by atoms with Gasteiger partial charge in [0.1, 0.15) is 38.0 Å². The Labute approximate surface area is 128 Å². The van der Waals surface area contributed by atoms with Crippen LogP contribution in [0.5, 0.6) is 0 Å². The van der Waals surface area contributed by atoms with Crippen LogP contribution in [0.2, 0.25) is 0 Å². The van der Waals surface area contributed by atoms with Crippen LogP contribution in [0.4, 0.5) is 0 Å². The summed E-state index contributed by atoms with van der Waals surface area (Å²) in [5.41, 5.74) is 0. The smallest absolute Gasteiger partial charge is 0.264 e. The van der Waals surface area contributed by atoms with Crippen LogP contribution in [0.25, 0.3) is 0 Å². The van der Waals surface area contributed by atoms with Crippen molar-refractivity contribution >= 4 is 20.2 Å². The third kappa shape index (κ3) is 5.38. The summed E-state index contributed by atoms with van der Waals surface area (Å²) in [6.07, 6.45) is -1.91. The first-order valence-corrected chi connectivity index (χ1v) is 9.94. The molecule has 0 aromatic rings. The third-order valence-corrected chi connectivity index (χ3v) is 4.10. The van der Waals surface area contributed by atoms with Gasteiger partial charge in [-0.1, -0.05) is 0 Å². The van der Waals surface area contributed by atoms with E-state index in [0.29, 0.717) is 0 Å². The molecule has 0 aliphatic carbocycles. The molecule has 0 saturated carbocycles. The van der Waals surface area contributed by atoms with E-state index in [1.165, 1.54) is 0 Å². The molecule has 0 unspecified atom stereocenters. The summed E-state index contributed by atoms with van der Waals surface area (Å²) in [6.45, 7) is -0.269. The molecule has 22 heavy (non-hydrogen) atoms. The Morgan fingerprint density at radius 1 is 0.773 bits per heavy atom. The van der Waals surface area contributed by atoms with Crippen molar-refractivity contribution in [1.82, 2.24) is 0 Å². The second-order valence-electron chi connectivity index (χ2n) is 4.92. The maximum Gasteiger partial charge on any atom is 0.264 e. The highest BCUT2D eigenvalue weighted by molar-refractivity contribution is 7.86. The standard InChI is InChI=1S/C10H18O10S2/c1-21(11,12)19-7-3-15-5-17-9(7)10-8(4-16-6-18-10)20-22(2,13)14/h7-10H,3-6H2,1-2H3/t7-,8-,9-,10-/m1/s1. The molecule has 2 aliphatic rings. The van der Waals surface area contributed by atoms with Gasteiger partial charge in [0.2, 0.25) is 0 Å². The molecule has 12 heteroatoms. The molecule has 2 saturated heterocycles. The first-order valence-electron chi connectivity index (χ1n) is 6.31. The van der Waals surface area contributed by atoms with Crippen molar-refractivity contribution in [3.8, 4) is 0 Å². The number of rotatable bonds is 5.